The van der Waals surface area contributed by atoms with Gasteiger partial charge in [-0.3, -0.25) is 14.4 Å². The Balaban J connectivity index is 1.71. The summed E-state index contributed by atoms with van der Waals surface area (Å²) in [6, 6.07) is 2.43. The van der Waals surface area contributed by atoms with Crippen LogP contribution < -0.4 is 5.32 Å². The van der Waals surface area contributed by atoms with E-state index in [4.69, 9.17) is 0 Å². The summed E-state index contributed by atoms with van der Waals surface area (Å²) in [6.07, 6.45) is 1.25. The monoisotopic (exact) mass is 318 g/mol. The van der Waals surface area contributed by atoms with Crippen molar-refractivity contribution in [2.45, 2.75) is 26.3 Å². The van der Waals surface area contributed by atoms with Crippen molar-refractivity contribution in [2.75, 3.05) is 19.6 Å². The molecule has 0 aromatic carbocycles. The number of hydrogen-bond donors (Lipinski definition) is 1. The lowest BCUT2D eigenvalue weighted by Gasteiger charge is -2.38. The molecule has 3 heterocycles. The largest absolute Gasteiger partial charge is 0.350 e. The molecule has 0 saturated carbocycles. The molecule has 1 atom stereocenters. The van der Waals surface area contributed by atoms with E-state index in [1.165, 1.54) is 12.0 Å². The van der Waals surface area contributed by atoms with Gasteiger partial charge in [-0.15, -0.1) is 0 Å². The number of aromatic nitrogens is 2. The number of amides is 1. The molecule has 0 radical (unpaired) electrons. The van der Waals surface area contributed by atoms with E-state index in [0.29, 0.717) is 12.1 Å². The van der Waals surface area contributed by atoms with Gasteiger partial charge in [0.15, 0.2) is 0 Å². The zero-order valence-electron chi connectivity index (χ0n) is 13.3. The molecule has 1 fully saturated rings. The maximum atomic E-state index is 12.5. The summed E-state index contributed by atoms with van der Waals surface area (Å²) in [5.41, 5.74) is 3.69. The minimum atomic E-state index is -0.0242. The smallest absolute Gasteiger partial charge is 0.255 e. The first-order chi connectivity index (χ1) is 10.6. The van der Waals surface area contributed by atoms with Gasteiger partial charge in [-0.05, 0) is 42.7 Å². The summed E-state index contributed by atoms with van der Waals surface area (Å²) in [7, 11) is 1.87. The summed E-state index contributed by atoms with van der Waals surface area (Å²) in [6.45, 7) is 6.68. The second kappa shape index (κ2) is 6.22. The van der Waals surface area contributed by atoms with Gasteiger partial charge in [-0.1, -0.05) is 0 Å². The first-order valence-electron chi connectivity index (χ1n) is 7.62. The molecular weight excluding hydrogens is 296 g/mol. The van der Waals surface area contributed by atoms with E-state index in [-0.39, 0.29) is 11.9 Å². The predicted molar refractivity (Wildman–Crippen MR) is 88.3 cm³/mol. The van der Waals surface area contributed by atoms with Crippen molar-refractivity contribution in [3.8, 4) is 0 Å². The fraction of sp³-hybridized carbons (Fsp3) is 0.500. The van der Waals surface area contributed by atoms with Crippen LogP contribution in [0, 0.1) is 13.8 Å². The van der Waals surface area contributed by atoms with Gasteiger partial charge in [0.05, 0.1) is 17.3 Å². The third-order valence-corrected chi connectivity index (χ3v) is 5.15. The maximum absolute atomic E-state index is 12.5. The lowest BCUT2D eigenvalue weighted by molar-refractivity contribution is 0.0884. The Morgan fingerprint density at radius 2 is 2.23 bits per heavy atom. The number of nitrogens with zero attached hydrogens (tertiary/aromatic N) is 3. The quantitative estimate of drug-likeness (QED) is 0.920. The molecular formula is C16H22N4OS. The van der Waals surface area contributed by atoms with Crippen molar-refractivity contribution in [1.29, 1.82) is 0 Å². The minimum absolute atomic E-state index is 0.0242. The Morgan fingerprint density at radius 1 is 1.45 bits per heavy atom. The van der Waals surface area contributed by atoms with Crippen LogP contribution in [-0.2, 0) is 7.05 Å². The average Bonchev–Trinajstić information content (AvgIpc) is 3.02. The summed E-state index contributed by atoms with van der Waals surface area (Å²) in [5, 5.41) is 11.7. The highest BCUT2D eigenvalue weighted by Gasteiger charge is 2.27. The first kappa shape index (κ1) is 15.2. The van der Waals surface area contributed by atoms with Crippen LogP contribution in [0.3, 0.4) is 0 Å². The van der Waals surface area contributed by atoms with E-state index in [1.54, 1.807) is 16.0 Å². The molecule has 2 aromatic rings. The van der Waals surface area contributed by atoms with Crippen LogP contribution in [0.4, 0.5) is 0 Å². The molecule has 2 aromatic heterocycles. The van der Waals surface area contributed by atoms with Crippen molar-refractivity contribution in [3.05, 3.63) is 39.3 Å². The van der Waals surface area contributed by atoms with Gasteiger partial charge in [0.25, 0.3) is 5.91 Å². The molecule has 1 aliphatic heterocycles. The lowest BCUT2D eigenvalue weighted by atomic mass is 10.0. The average molecular weight is 318 g/mol. The highest BCUT2D eigenvalue weighted by Crippen LogP contribution is 2.26. The standard InChI is InChI=1S/C16H22N4OS/c1-11-15(12(2)19(3)18-11)16(21)17-9-14(20-6-4-7-20)13-5-8-22-10-13/h5,8,10,14H,4,6-7,9H2,1-3H3,(H,17,21). The van der Waals surface area contributed by atoms with E-state index in [1.807, 2.05) is 20.9 Å². The molecule has 1 aliphatic rings. The predicted octanol–water partition coefficient (Wildman–Crippen LogP) is 2.28. The molecule has 0 bridgehead atoms. The number of likely N-dealkylation sites (tertiary alicyclic amines) is 1. The zero-order valence-corrected chi connectivity index (χ0v) is 14.1. The van der Waals surface area contributed by atoms with E-state index in [9.17, 15) is 4.79 Å². The van der Waals surface area contributed by atoms with Crippen LogP contribution in [-0.4, -0.2) is 40.2 Å². The van der Waals surface area contributed by atoms with Crippen LogP contribution in [0.2, 0.25) is 0 Å². The first-order valence-corrected chi connectivity index (χ1v) is 8.56. The molecule has 3 rings (SSSR count). The van der Waals surface area contributed by atoms with Crippen molar-refractivity contribution in [3.63, 3.8) is 0 Å². The van der Waals surface area contributed by atoms with Crippen molar-refractivity contribution >= 4 is 17.2 Å². The Hall–Kier alpha value is -1.66. The number of carbonyl (C=O) groups is 1. The SMILES string of the molecule is Cc1nn(C)c(C)c1C(=O)NCC(c1ccsc1)N1CCC1. The topological polar surface area (TPSA) is 50.2 Å². The summed E-state index contributed by atoms with van der Waals surface area (Å²) < 4.78 is 1.76. The molecule has 1 N–H and O–H groups in total. The highest BCUT2D eigenvalue weighted by molar-refractivity contribution is 7.07. The molecule has 6 heteroatoms. The minimum Gasteiger partial charge on any atom is -0.350 e. The maximum Gasteiger partial charge on any atom is 0.255 e. The Kier molecular flexibility index (Phi) is 4.31. The Morgan fingerprint density at radius 3 is 2.73 bits per heavy atom. The van der Waals surface area contributed by atoms with Crippen LogP contribution >= 0.6 is 11.3 Å². The van der Waals surface area contributed by atoms with Gasteiger partial charge < -0.3 is 5.32 Å². The van der Waals surface area contributed by atoms with Gasteiger partial charge in [0.1, 0.15) is 0 Å². The molecule has 1 saturated heterocycles. The molecule has 118 valence electrons. The van der Waals surface area contributed by atoms with Crippen molar-refractivity contribution in [1.82, 2.24) is 20.0 Å². The summed E-state index contributed by atoms with van der Waals surface area (Å²) >= 11 is 1.71. The van der Waals surface area contributed by atoms with Gasteiger partial charge >= 0.3 is 0 Å². The number of nitrogens with one attached hydrogen (secondary N) is 1. The number of rotatable bonds is 5. The Bertz CT molecular complexity index is 658. The third kappa shape index (κ3) is 2.80. The number of hydrogen-bond acceptors (Lipinski definition) is 4. The lowest BCUT2D eigenvalue weighted by Crippen LogP contribution is -2.45. The number of aryl methyl sites for hydroxylation is 2. The van der Waals surface area contributed by atoms with Gasteiger partial charge in [0, 0.05) is 32.4 Å². The molecule has 0 spiro atoms. The highest BCUT2D eigenvalue weighted by atomic mass is 32.1. The van der Waals surface area contributed by atoms with Crippen molar-refractivity contribution < 1.29 is 4.79 Å². The van der Waals surface area contributed by atoms with E-state index in [2.05, 4.69) is 32.1 Å². The van der Waals surface area contributed by atoms with Crippen molar-refractivity contribution in [2.24, 2.45) is 7.05 Å². The molecule has 5 nitrogen and oxygen atoms in total. The van der Waals surface area contributed by atoms with Gasteiger partial charge in [-0.2, -0.15) is 16.4 Å². The fourth-order valence-corrected chi connectivity index (χ4v) is 3.66. The molecule has 1 amide bonds. The van der Waals surface area contributed by atoms with Gasteiger partial charge in [-0.25, -0.2) is 0 Å². The van der Waals surface area contributed by atoms with E-state index >= 15 is 0 Å². The van der Waals surface area contributed by atoms with Crippen LogP contribution in [0.1, 0.15) is 39.8 Å². The number of thiophene rings is 1. The van der Waals surface area contributed by atoms with Crippen LogP contribution in [0.5, 0.6) is 0 Å². The molecule has 0 aliphatic carbocycles. The molecule has 1 unspecified atom stereocenters. The Labute approximate surface area is 134 Å². The second-order valence-electron chi connectivity index (χ2n) is 5.84. The summed E-state index contributed by atoms with van der Waals surface area (Å²) in [5.74, 6) is -0.0242. The fourth-order valence-electron chi connectivity index (χ4n) is 2.95. The third-order valence-electron chi connectivity index (χ3n) is 4.45. The zero-order chi connectivity index (χ0) is 15.7. The normalized spacial score (nSPS) is 16.3. The van der Waals surface area contributed by atoms with Crippen LogP contribution in [0.15, 0.2) is 16.8 Å². The van der Waals surface area contributed by atoms with E-state index < -0.39 is 0 Å². The van der Waals surface area contributed by atoms with Gasteiger partial charge in [0.2, 0.25) is 0 Å². The summed E-state index contributed by atoms with van der Waals surface area (Å²) in [4.78, 5) is 14.9. The second-order valence-corrected chi connectivity index (χ2v) is 6.62. The van der Waals surface area contributed by atoms with E-state index in [0.717, 1.165) is 24.5 Å². The number of carbonyl (C=O) groups excluding carboxylic acids is 1. The van der Waals surface area contributed by atoms with Crippen LogP contribution in [0.25, 0.3) is 0 Å². The molecule has 22 heavy (non-hydrogen) atoms.